The number of hydrogen-bond donors (Lipinski definition) is 1. The molecular formula is C20H21N3O7. The van der Waals surface area contributed by atoms with Gasteiger partial charge in [-0.3, -0.25) is 19.7 Å². The molecule has 30 heavy (non-hydrogen) atoms. The van der Waals surface area contributed by atoms with Gasteiger partial charge in [0.15, 0.2) is 11.5 Å². The lowest BCUT2D eigenvalue weighted by Crippen LogP contribution is -2.24. The normalized spacial score (nSPS) is 13.2. The summed E-state index contributed by atoms with van der Waals surface area (Å²) < 4.78 is 15.6. The number of anilines is 2. The third-order valence-corrected chi connectivity index (χ3v) is 4.74. The van der Waals surface area contributed by atoms with Crippen molar-refractivity contribution in [3.8, 4) is 17.2 Å². The van der Waals surface area contributed by atoms with Crippen LogP contribution in [0.5, 0.6) is 17.2 Å². The minimum atomic E-state index is -0.702. The molecule has 0 atom stereocenters. The van der Waals surface area contributed by atoms with Crippen LogP contribution < -0.4 is 24.4 Å². The minimum Gasteiger partial charge on any atom is -0.495 e. The number of nitro groups is 1. The van der Waals surface area contributed by atoms with Crippen LogP contribution in [-0.2, 0) is 4.79 Å². The van der Waals surface area contributed by atoms with Crippen molar-refractivity contribution >= 4 is 28.9 Å². The summed E-state index contributed by atoms with van der Waals surface area (Å²) in [6.07, 6.45) is 1.17. The van der Waals surface area contributed by atoms with Crippen LogP contribution in [0.25, 0.3) is 0 Å². The summed E-state index contributed by atoms with van der Waals surface area (Å²) in [6.45, 7) is 0.549. The Morgan fingerprint density at radius 2 is 1.73 bits per heavy atom. The van der Waals surface area contributed by atoms with E-state index >= 15 is 0 Å². The van der Waals surface area contributed by atoms with E-state index in [4.69, 9.17) is 14.2 Å². The molecular weight excluding hydrogens is 394 g/mol. The molecule has 0 saturated carbocycles. The molecule has 2 aromatic rings. The van der Waals surface area contributed by atoms with Crippen molar-refractivity contribution in [1.82, 2.24) is 0 Å². The van der Waals surface area contributed by atoms with Crippen LogP contribution >= 0.6 is 0 Å². The summed E-state index contributed by atoms with van der Waals surface area (Å²) >= 11 is 0. The van der Waals surface area contributed by atoms with Crippen molar-refractivity contribution in [3.05, 3.63) is 46.0 Å². The zero-order chi connectivity index (χ0) is 21.8. The summed E-state index contributed by atoms with van der Waals surface area (Å²) in [5.41, 5.74) is 0.278. The molecule has 0 radical (unpaired) electrons. The molecule has 2 aromatic carbocycles. The Bertz CT molecular complexity index is 1010. The number of carbonyl (C=O) groups is 2. The molecule has 0 spiro atoms. The maximum atomic E-state index is 12.8. The molecule has 0 bridgehead atoms. The van der Waals surface area contributed by atoms with Gasteiger partial charge in [-0.25, -0.2) is 0 Å². The highest BCUT2D eigenvalue weighted by molar-refractivity contribution is 6.08. The lowest BCUT2D eigenvalue weighted by atomic mass is 10.1. The molecule has 0 unspecified atom stereocenters. The monoisotopic (exact) mass is 415 g/mol. The number of nitrogens with one attached hydrogen (secondary N) is 1. The second-order valence-corrected chi connectivity index (χ2v) is 6.47. The first kappa shape index (κ1) is 20.9. The minimum absolute atomic E-state index is 0.0349. The van der Waals surface area contributed by atoms with Crippen LogP contribution in [0.1, 0.15) is 23.2 Å². The van der Waals surface area contributed by atoms with Gasteiger partial charge in [0, 0.05) is 24.7 Å². The maximum Gasteiger partial charge on any atom is 0.286 e. The predicted molar refractivity (Wildman–Crippen MR) is 109 cm³/mol. The van der Waals surface area contributed by atoms with Gasteiger partial charge in [0.05, 0.1) is 38.0 Å². The number of nitro benzene ring substituents is 1. The van der Waals surface area contributed by atoms with Crippen molar-refractivity contribution in [1.29, 1.82) is 0 Å². The van der Waals surface area contributed by atoms with Crippen molar-refractivity contribution in [3.63, 3.8) is 0 Å². The van der Waals surface area contributed by atoms with E-state index in [1.165, 1.54) is 27.4 Å². The quantitative estimate of drug-likeness (QED) is 0.545. The number of rotatable bonds is 7. The summed E-state index contributed by atoms with van der Waals surface area (Å²) in [5.74, 6) is 0.0746. The van der Waals surface area contributed by atoms with Crippen LogP contribution in [0.15, 0.2) is 30.3 Å². The van der Waals surface area contributed by atoms with Gasteiger partial charge in [-0.2, -0.15) is 0 Å². The fraction of sp³-hybridized carbons (Fsp3) is 0.300. The van der Waals surface area contributed by atoms with Gasteiger partial charge in [0.2, 0.25) is 5.91 Å². The van der Waals surface area contributed by atoms with Crippen molar-refractivity contribution in [2.24, 2.45) is 0 Å². The highest BCUT2D eigenvalue weighted by Gasteiger charge is 2.27. The van der Waals surface area contributed by atoms with E-state index in [1.807, 2.05) is 0 Å². The van der Waals surface area contributed by atoms with Crippen LogP contribution in [0.2, 0.25) is 0 Å². The number of hydrogen-bond acceptors (Lipinski definition) is 7. The van der Waals surface area contributed by atoms with E-state index < -0.39 is 16.5 Å². The van der Waals surface area contributed by atoms with E-state index in [-0.39, 0.29) is 23.0 Å². The van der Waals surface area contributed by atoms with Gasteiger partial charge in [-0.1, -0.05) is 0 Å². The maximum absolute atomic E-state index is 12.8. The number of benzene rings is 2. The largest absolute Gasteiger partial charge is 0.495 e. The summed E-state index contributed by atoms with van der Waals surface area (Å²) in [7, 11) is 4.21. The second-order valence-electron chi connectivity index (χ2n) is 6.47. The SMILES string of the molecule is COc1cc(C(=O)Nc2ccc(OC)c(N3CCCC3=O)c2)c([N+](=O)[O-])cc1OC. The smallest absolute Gasteiger partial charge is 0.286 e. The molecule has 1 saturated heterocycles. The molecule has 0 aliphatic carbocycles. The molecule has 3 rings (SSSR count). The second kappa shape index (κ2) is 8.68. The Kier molecular flexibility index (Phi) is 6.05. The first-order valence-corrected chi connectivity index (χ1v) is 9.09. The highest BCUT2D eigenvalue weighted by Crippen LogP contribution is 2.36. The Hall–Kier alpha value is -3.82. The van der Waals surface area contributed by atoms with Gasteiger partial charge in [0.25, 0.3) is 11.6 Å². The lowest BCUT2D eigenvalue weighted by Gasteiger charge is -2.20. The zero-order valence-corrected chi connectivity index (χ0v) is 16.8. The molecule has 1 fully saturated rings. The molecule has 1 aliphatic heterocycles. The molecule has 1 heterocycles. The average molecular weight is 415 g/mol. The van der Waals surface area contributed by atoms with Crippen molar-refractivity contribution in [2.45, 2.75) is 12.8 Å². The van der Waals surface area contributed by atoms with E-state index in [9.17, 15) is 19.7 Å². The van der Waals surface area contributed by atoms with Gasteiger partial charge < -0.3 is 24.4 Å². The van der Waals surface area contributed by atoms with Crippen molar-refractivity contribution in [2.75, 3.05) is 38.1 Å². The number of amides is 2. The average Bonchev–Trinajstić information content (AvgIpc) is 3.18. The fourth-order valence-corrected chi connectivity index (χ4v) is 3.28. The Morgan fingerprint density at radius 1 is 1.07 bits per heavy atom. The number of nitrogens with zero attached hydrogens (tertiary/aromatic N) is 2. The highest BCUT2D eigenvalue weighted by atomic mass is 16.6. The third-order valence-electron chi connectivity index (χ3n) is 4.74. The van der Waals surface area contributed by atoms with E-state index in [0.29, 0.717) is 30.1 Å². The van der Waals surface area contributed by atoms with Gasteiger partial charge in [-0.05, 0) is 24.6 Å². The van der Waals surface area contributed by atoms with E-state index in [0.717, 1.165) is 12.5 Å². The Labute approximate surface area is 172 Å². The number of ether oxygens (including phenoxy) is 3. The van der Waals surface area contributed by atoms with Gasteiger partial charge in [0.1, 0.15) is 11.3 Å². The molecule has 10 nitrogen and oxygen atoms in total. The Balaban J connectivity index is 1.96. The van der Waals surface area contributed by atoms with Crippen molar-refractivity contribution < 1.29 is 28.7 Å². The first-order chi connectivity index (χ1) is 14.4. The molecule has 1 aliphatic rings. The summed E-state index contributed by atoms with van der Waals surface area (Å²) in [4.78, 5) is 37.4. The lowest BCUT2D eigenvalue weighted by molar-refractivity contribution is -0.385. The zero-order valence-electron chi connectivity index (χ0n) is 16.8. The predicted octanol–water partition coefficient (Wildman–Crippen LogP) is 3.00. The summed E-state index contributed by atoms with van der Waals surface area (Å²) in [5, 5.41) is 14.1. The Morgan fingerprint density at radius 3 is 2.30 bits per heavy atom. The topological polar surface area (TPSA) is 120 Å². The summed E-state index contributed by atoms with van der Waals surface area (Å²) in [6, 6.07) is 7.20. The van der Waals surface area contributed by atoms with Crippen LogP contribution in [0.3, 0.4) is 0 Å². The molecule has 1 N–H and O–H groups in total. The van der Waals surface area contributed by atoms with Crippen LogP contribution in [-0.4, -0.2) is 44.6 Å². The van der Waals surface area contributed by atoms with E-state index in [2.05, 4.69) is 5.32 Å². The number of carbonyl (C=O) groups excluding carboxylic acids is 2. The van der Waals surface area contributed by atoms with E-state index in [1.54, 1.807) is 23.1 Å². The fourth-order valence-electron chi connectivity index (χ4n) is 3.28. The molecule has 0 aromatic heterocycles. The molecule has 2 amide bonds. The number of methoxy groups -OCH3 is 3. The first-order valence-electron chi connectivity index (χ1n) is 9.09. The molecule has 158 valence electrons. The standard InChI is InChI=1S/C20H21N3O7/c1-28-16-7-6-12(9-15(16)22-8-4-5-19(22)24)21-20(25)13-10-17(29-2)18(30-3)11-14(13)23(26)27/h6-7,9-11H,4-5,8H2,1-3H3,(H,21,25). The molecule has 10 heteroatoms. The van der Waals surface area contributed by atoms with Gasteiger partial charge in [-0.15, -0.1) is 0 Å². The van der Waals surface area contributed by atoms with Crippen LogP contribution in [0.4, 0.5) is 17.1 Å². The van der Waals surface area contributed by atoms with Gasteiger partial charge >= 0.3 is 0 Å². The van der Waals surface area contributed by atoms with Crippen LogP contribution in [0, 0.1) is 10.1 Å². The third kappa shape index (κ3) is 3.97.